The molecule has 92 valence electrons. The normalized spacial score (nSPS) is 17.5. The van der Waals surface area contributed by atoms with Crippen molar-refractivity contribution in [3.8, 4) is 0 Å². The molecule has 2 amide bonds. The lowest BCUT2D eigenvalue weighted by Crippen LogP contribution is -2.47. The van der Waals surface area contributed by atoms with Gasteiger partial charge in [0.2, 0.25) is 0 Å². The molecule has 17 heavy (non-hydrogen) atoms. The van der Waals surface area contributed by atoms with E-state index in [2.05, 4.69) is 10.6 Å². The Morgan fingerprint density at radius 2 is 1.59 bits per heavy atom. The van der Waals surface area contributed by atoms with Gasteiger partial charge in [0, 0.05) is 19.0 Å². The highest BCUT2D eigenvalue weighted by Crippen LogP contribution is 2.30. The third-order valence-electron chi connectivity index (χ3n) is 2.73. The van der Waals surface area contributed by atoms with Gasteiger partial charge in [0.05, 0.1) is 5.56 Å². The number of hydrogen-bond donors (Lipinski definition) is 2. The molecule has 6 heteroatoms. The molecule has 1 aromatic carbocycles. The Balaban J connectivity index is 2.10. The minimum Gasteiger partial charge on any atom is -0.337 e. The lowest BCUT2D eigenvalue weighted by Gasteiger charge is -2.24. The van der Waals surface area contributed by atoms with E-state index in [9.17, 15) is 18.0 Å². The Bertz CT molecular complexity index is 404. The molecule has 3 nitrogen and oxygen atoms in total. The Morgan fingerprint density at radius 3 is 2.06 bits per heavy atom. The van der Waals surface area contributed by atoms with E-state index in [1.54, 1.807) is 0 Å². The van der Waals surface area contributed by atoms with Crippen molar-refractivity contribution in [1.29, 1.82) is 0 Å². The second kappa shape index (κ2) is 4.27. The first-order valence-electron chi connectivity index (χ1n) is 5.15. The van der Waals surface area contributed by atoms with Crippen molar-refractivity contribution < 1.29 is 18.0 Å². The third-order valence-corrected chi connectivity index (χ3v) is 2.73. The van der Waals surface area contributed by atoms with Crippen molar-refractivity contribution in [2.75, 3.05) is 13.1 Å². The zero-order valence-electron chi connectivity index (χ0n) is 8.84. The smallest absolute Gasteiger partial charge is 0.337 e. The minimum atomic E-state index is -4.31. The quantitative estimate of drug-likeness (QED) is 0.780. The Kier molecular flexibility index (Phi) is 2.95. The van der Waals surface area contributed by atoms with Crippen LogP contribution in [0.25, 0.3) is 0 Å². The van der Waals surface area contributed by atoms with E-state index >= 15 is 0 Å². The van der Waals surface area contributed by atoms with Crippen LogP contribution in [-0.2, 0) is 6.18 Å². The third kappa shape index (κ3) is 2.69. The summed E-state index contributed by atoms with van der Waals surface area (Å²) in [5, 5.41) is 5.21. The molecule has 2 rings (SSSR count). The van der Waals surface area contributed by atoms with E-state index in [1.807, 2.05) is 0 Å². The first-order valence-corrected chi connectivity index (χ1v) is 5.15. The summed E-state index contributed by atoms with van der Waals surface area (Å²) in [6.45, 7) is 0.883. The number of alkyl halides is 3. The lowest BCUT2D eigenvalue weighted by molar-refractivity contribution is -0.137. The fraction of sp³-hybridized carbons (Fsp3) is 0.364. The molecule has 0 aliphatic carbocycles. The van der Waals surface area contributed by atoms with Gasteiger partial charge in [-0.25, -0.2) is 4.79 Å². The number of benzene rings is 1. The molecule has 1 saturated heterocycles. The predicted molar refractivity (Wildman–Crippen MR) is 55.6 cm³/mol. The van der Waals surface area contributed by atoms with Crippen LogP contribution in [0.2, 0.25) is 0 Å². The lowest BCUT2D eigenvalue weighted by atomic mass is 9.97. The van der Waals surface area contributed by atoms with Crippen LogP contribution in [0.3, 0.4) is 0 Å². The number of hydrogen-bond acceptors (Lipinski definition) is 1. The zero-order chi connectivity index (χ0) is 12.5. The molecule has 1 aromatic rings. The second-order valence-electron chi connectivity index (χ2n) is 3.91. The first kappa shape index (κ1) is 11.8. The Morgan fingerprint density at radius 1 is 1.06 bits per heavy atom. The molecule has 0 atom stereocenters. The minimum absolute atomic E-state index is 0.00924. The SMILES string of the molecule is O=C1NCC(c2ccc(C(F)(F)F)cc2)CN1. The first-order chi connectivity index (χ1) is 7.97. The average molecular weight is 244 g/mol. The Labute approximate surface area is 96.0 Å². The summed E-state index contributed by atoms with van der Waals surface area (Å²) in [7, 11) is 0. The van der Waals surface area contributed by atoms with E-state index in [0.29, 0.717) is 13.1 Å². The van der Waals surface area contributed by atoms with E-state index in [-0.39, 0.29) is 11.9 Å². The van der Waals surface area contributed by atoms with Crippen molar-refractivity contribution >= 4 is 6.03 Å². The number of carbonyl (C=O) groups excluding carboxylic acids is 1. The highest BCUT2D eigenvalue weighted by atomic mass is 19.4. The molecule has 1 fully saturated rings. The standard InChI is InChI=1S/C11H11F3N2O/c12-11(13,14)9-3-1-7(2-4-9)8-5-15-10(17)16-6-8/h1-4,8H,5-6H2,(H2,15,16,17). The summed E-state index contributed by atoms with van der Waals surface area (Å²) in [4.78, 5) is 10.9. The van der Waals surface area contributed by atoms with E-state index < -0.39 is 11.7 Å². The maximum Gasteiger partial charge on any atom is 0.416 e. The summed E-state index contributed by atoms with van der Waals surface area (Å²) in [5.74, 6) is 0.00924. The summed E-state index contributed by atoms with van der Waals surface area (Å²) >= 11 is 0. The van der Waals surface area contributed by atoms with Gasteiger partial charge >= 0.3 is 12.2 Å². The van der Waals surface area contributed by atoms with Crippen molar-refractivity contribution in [2.45, 2.75) is 12.1 Å². The van der Waals surface area contributed by atoms with Gasteiger partial charge in [0.25, 0.3) is 0 Å². The molecule has 0 saturated carbocycles. The summed E-state index contributed by atoms with van der Waals surface area (Å²) in [6, 6.07) is 4.78. The summed E-state index contributed by atoms with van der Waals surface area (Å²) in [5.41, 5.74) is 0.125. The molecule has 0 radical (unpaired) electrons. The summed E-state index contributed by atoms with van der Waals surface area (Å²) in [6.07, 6.45) is -4.31. The highest BCUT2D eigenvalue weighted by Gasteiger charge is 2.30. The molecular weight excluding hydrogens is 233 g/mol. The zero-order valence-corrected chi connectivity index (χ0v) is 8.84. The molecule has 0 aromatic heterocycles. The number of carbonyl (C=O) groups is 1. The molecule has 2 N–H and O–H groups in total. The highest BCUT2D eigenvalue weighted by molar-refractivity contribution is 5.74. The van der Waals surface area contributed by atoms with Gasteiger partial charge in [-0.3, -0.25) is 0 Å². The number of halogens is 3. The van der Waals surface area contributed by atoms with Gasteiger partial charge < -0.3 is 10.6 Å². The monoisotopic (exact) mass is 244 g/mol. The maximum atomic E-state index is 12.3. The van der Waals surface area contributed by atoms with Crippen molar-refractivity contribution in [3.05, 3.63) is 35.4 Å². The van der Waals surface area contributed by atoms with Gasteiger partial charge in [0.15, 0.2) is 0 Å². The van der Waals surface area contributed by atoms with Crippen molar-refractivity contribution in [3.63, 3.8) is 0 Å². The van der Waals surface area contributed by atoms with E-state index in [1.165, 1.54) is 12.1 Å². The molecule has 1 aliphatic rings. The van der Waals surface area contributed by atoms with Crippen LogP contribution < -0.4 is 10.6 Å². The number of amides is 2. The van der Waals surface area contributed by atoms with Crippen LogP contribution in [0.15, 0.2) is 24.3 Å². The van der Waals surface area contributed by atoms with Gasteiger partial charge in [-0.2, -0.15) is 13.2 Å². The average Bonchev–Trinajstić information content (AvgIpc) is 2.29. The van der Waals surface area contributed by atoms with Crippen LogP contribution >= 0.6 is 0 Å². The van der Waals surface area contributed by atoms with Crippen molar-refractivity contribution in [2.24, 2.45) is 0 Å². The van der Waals surface area contributed by atoms with Crippen LogP contribution in [0, 0.1) is 0 Å². The summed E-state index contributed by atoms with van der Waals surface area (Å²) < 4.78 is 37.0. The van der Waals surface area contributed by atoms with Gasteiger partial charge in [-0.1, -0.05) is 12.1 Å². The second-order valence-corrected chi connectivity index (χ2v) is 3.91. The van der Waals surface area contributed by atoms with Crippen LogP contribution in [0.1, 0.15) is 17.0 Å². The van der Waals surface area contributed by atoms with E-state index in [4.69, 9.17) is 0 Å². The molecule has 1 heterocycles. The van der Waals surface area contributed by atoms with Gasteiger partial charge in [-0.15, -0.1) is 0 Å². The van der Waals surface area contributed by atoms with Gasteiger partial charge in [0.1, 0.15) is 0 Å². The van der Waals surface area contributed by atoms with Crippen LogP contribution in [0.4, 0.5) is 18.0 Å². The maximum absolute atomic E-state index is 12.3. The van der Waals surface area contributed by atoms with Crippen LogP contribution in [-0.4, -0.2) is 19.1 Å². The molecule has 0 unspecified atom stereocenters. The molecule has 0 bridgehead atoms. The van der Waals surface area contributed by atoms with Crippen LogP contribution in [0.5, 0.6) is 0 Å². The largest absolute Gasteiger partial charge is 0.416 e. The molecular formula is C11H11F3N2O. The van der Waals surface area contributed by atoms with E-state index in [0.717, 1.165) is 17.7 Å². The fourth-order valence-electron chi connectivity index (χ4n) is 1.75. The fourth-order valence-corrected chi connectivity index (χ4v) is 1.75. The molecule has 0 spiro atoms. The Hall–Kier alpha value is -1.72. The topological polar surface area (TPSA) is 41.1 Å². The van der Waals surface area contributed by atoms with Crippen molar-refractivity contribution in [1.82, 2.24) is 10.6 Å². The molecule has 1 aliphatic heterocycles. The number of urea groups is 1. The predicted octanol–water partition coefficient (Wildman–Crippen LogP) is 2.10. The number of nitrogens with one attached hydrogen (secondary N) is 2. The number of rotatable bonds is 1. The van der Waals surface area contributed by atoms with Gasteiger partial charge in [-0.05, 0) is 17.7 Å².